The van der Waals surface area contributed by atoms with Crippen LogP contribution in [0.5, 0.6) is 5.75 Å². The summed E-state index contributed by atoms with van der Waals surface area (Å²) in [5, 5.41) is 12.6. The highest BCUT2D eigenvalue weighted by Crippen LogP contribution is 2.32. The van der Waals surface area contributed by atoms with Crippen LogP contribution >= 0.6 is 0 Å². The molecule has 1 aromatic carbocycles. The van der Waals surface area contributed by atoms with Gasteiger partial charge in [-0.25, -0.2) is 9.59 Å². The molecule has 0 bridgehead atoms. The van der Waals surface area contributed by atoms with Crippen molar-refractivity contribution >= 4 is 22.8 Å². The molecule has 1 atom stereocenters. The van der Waals surface area contributed by atoms with Crippen molar-refractivity contribution in [2.75, 3.05) is 6.61 Å². The molecule has 1 amide bonds. The van der Waals surface area contributed by atoms with Gasteiger partial charge < -0.3 is 19.6 Å². The molecule has 156 valence electrons. The van der Waals surface area contributed by atoms with Crippen LogP contribution in [0, 0.1) is 12.8 Å². The molecule has 2 N–H and O–H groups in total. The van der Waals surface area contributed by atoms with Crippen LogP contribution in [0.15, 0.2) is 21.3 Å². The smallest absolute Gasteiger partial charge is 0.339 e. The zero-order valence-corrected chi connectivity index (χ0v) is 17.0. The average molecular weight is 401 g/mol. The number of hydrogen-bond acceptors (Lipinski definition) is 5. The van der Waals surface area contributed by atoms with Crippen molar-refractivity contribution in [3.05, 3.63) is 39.2 Å². The summed E-state index contributed by atoms with van der Waals surface area (Å²) in [5.41, 5.74) is 2.65. The molecule has 0 fully saturated rings. The number of aliphatic carboxylic acids is 1. The first-order chi connectivity index (χ1) is 13.8. The predicted octanol–water partition coefficient (Wildman–Crippen LogP) is 2.97. The van der Waals surface area contributed by atoms with Crippen molar-refractivity contribution in [1.82, 2.24) is 5.32 Å². The number of aryl methyl sites for hydroxylation is 2. The fourth-order valence-corrected chi connectivity index (χ4v) is 3.85. The van der Waals surface area contributed by atoms with Gasteiger partial charge in [-0.2, -0.15) is 0 Å². The highest BCUT2D eigenvalue weighted by Gasteiger charge is 2.22. The normalized spacial score (nSPS) is 14.5. The third-order valence-corrected chi connectivity index (χ3v) is 5.29. The van der Waals surface area contributed by atoms with Gasteiger partial charge in [-0.1, -0.05) is 13.8 Å². The van der Waals surface area contributed by atoms with E-state index in [1.54, 1.807) is 13.0 Å². The van der Waals surface area contributed by atoms with Crippen molar-refractivity contribution in [2.45, 2.75) is 58.9 Å². The maximum Gasteiger partial charge on any atom is 0.339 e. The van der Waals surface area contributed by atoms with Crippen LogP contribution in [0.2, 0.25) is 0 Å². The molecule has 0 aliphatic heterocycles. The van der Waals surface area contributed by atoms with Gasteiger partial charge in [-0.3, -0.25) is 4.79 Å². The maximum atomic E-state index is 12.4. The SMILES string of the molecule is Cc1c(OCC(=O)N[C@H](CC(C)C)C(=O)O)ccc2c3c(c(=O)oc12)CCCC3. The van der Waals surface area contributed by atoms with Crippen molar-refractivity contribution in [3.8, 4) is 5.75 Å². The van der Waals surface area contributed by atoms with Crippen molar-refractivity contribution in [2.24, 2.45) is 5.92 Å². The minimum atomic E-state index is -1.07. The number of ether oxygens (including phenoxy) is 1. The summed E-state index contributed by atoms with van der Waals surface area (Å²) < 4.78 is 11.2. The quantitative estimate of drug-likeness (QED) is 0.691. The number of carbonyl (C=O) groups excluding carboxylic acids is 1. The van der Waals surface area contributed by atoms with Crippen molar-refractivity contribution < 1.29 is 23.8 Å². The largest absolute Gasteiger partial charge is 0.483 e. The fraction of sp³-hybridized carbons (Fsp3) is 0.500. The molecule has 1 aliphatic rings. The molecular weight excluding hydrogens is 374 g/mol. The second-order valence-electron chi connectivity index (χ2n) is 8.00. The third-order valence-electron chi connectivity index (χ3n) is 5.29. The topological polar surface area (TPSA) is 106 Å². The minimum absolute atomic E-state index is 0.133. The Morgan fingerprint density at radius 2 is 1.90 bits per heavy atom. The van der Waals surface area contributed by atoms with Gasteiger partial charge in [0.1, 0.15) is 17.4 Å². The Morgan fingerprint density at radius 3 is 2.55 bits per heavy atom. The van der Waals surface area contributed by atoms with E-state index in [9.17, 15) is 19.5 Å². The Kier molecular flexibility index (Phi) is 6.25. The Hall–Kier alpha value is -2.83. The van der Waals surface area contributed by atoms with Gasteiger partial charge in [0.25, 0.3) is 5.91 Å². The van der Waals surface area contributed by atoms with E-state index in [0.717, 1.165) is 42.2 Å². The zero-order valence-electron chi connectivity index (χ0n) is 17.0. The molecule has 0 spiro atoms. The number of carboxylic acids is 1. The lowest BCUT2D eigenvalue weighted by Crippen LogP contribution is -2.43. The number of nitrogens with one attached hydrogen (secondary N) is 1. The molecule has 1 aliphatic carbocycles. The number of fused-ring (bicyclic) bond motifs is 3. The van der Waals surface area contributed by atoms with Gasteiger partial charge in [0.05, 0.1) is 0 Å². The molecule has 7 nitrogen and oxygen atoms in total. The van der Waals surface area contributed by atoms with Crippen molar-refractivity contribution in [3.63, 3.8) is 0 Å². The van der Waals surface area contributed by atoms with Crippen LogP contribution in [0.4, 0.5) is 0 Å². The van der Waals surface area contributed by atoms with Crippen molar-refractivity contribution in [1.29, 1.82) is 0 Å². The van der Waals surface area contributed by atoms with Crippen LogP contribution in [-0.4, -0.2) is 29.6 Å². The Balaban J connectivity index is 1.77. The minimum Gasteiger partial charge on any atom is -0.483 e. The first kappa shape index (κ1) is 20.9. The van der Waals surface area contributed by atoms with E-state index in [1.807, 2.05) is 19.9 Å². The van der Waals surface area contributed by atoms with E-state index in [-0.39, 0.29) is 18.2 Å². The lowest BCUT2D eigenvalue weighted by atomic mass is 9.90. The summed E-state index contributed by atoms with van der Waals surface area (Å²) in [7, 11) is 0. The van der Waals surface area contributed by atoms with Gasteiger partial charge in [0, 0.05) is 16.5 Å². The number of benzene rings is 1. The molecule has 0 saturated heterocycles. The van der Waals surface area contributed by atoms with Gasteiger partial charge >= 0.3 is 11.6 Å². The van der Waals surface area contributed by atoms with Crippen LogP contribution in [-0.2, 0) is 22.4 Å². The van der Waals surface area contributed by atoms with E-state index in [0.29, 0.717) is 23.3 Å². The van der Waals surface area contributed by atoms with Crippen LogP contribution < -0.4 is 15.7 Å². The lowest BCUT2D eigenvalue weighted by Gasteiger charge is -2.18. The highest BCUT2D eigenvalue weighted by molar-refractivity contribution is 5.87. The fourth-order valence-electron chi connectivity index (χ4n) is 3.85. The van der Waals surface area contributed by atoms with Gasteiger partial charge in [0.2, 0.25) is 0 Å². The summed E-state index contributed by atoms with van der Waals surface area (Å²) in [4.78, 5) is 35.8. The molecule has 0 unspecified atom stereocenters. The number of carbonyl (C=O) groups is 2. The summed E-state index contributed by atoms with van der Waals surface area (Å²) in [5.74, 6) is -1.01. The summed E-state index contributed by atoms with van der Waals surface area (Å²) in [6.45, 7) is 5.25. The molecule has 29 heavy (non-hydrogen) atoms. The molecule has 0 saturated carbocycles. The number of amides is 1. The van der Waals surface area contributed by atoms with Gasteiger partial charge in [0.15, 0.2) is 6.61 Å². The highest BCUT2D eigenvalue weighted by atomic mass is 16.5. The second-order valence-corrected chi connectivity index (χ2v) is 8.00. The van der Waals surface area contributed by atoms with E-state index < -0.39 is 17.9 Å². The molecule has 0 radical (unpaired) electrons. The molecule has 1 aromatic heterocycles. The summed E-state index contributed by atoms with van der Waals surface area (Å²) in [6.07, 6.45) is 3.97. The zero-order chi connectivity index (χ0) is 21.1. The number of hydrogen-bond donors (Lipinski definition) is 2. The molecule has 7 heteroatoms. The molecule has 2 aromatic rings. The number of carboxylic acid groups (broad SMARTS) is 1. The standard InChI is InChI=1S/C22H27NO6/c1-12(2)10-17(21(25)26)23-19(24)11-28-18-9-8-15-14-6-4-5-7-16(14)22(27)29-20(15)13(18)3/h8-9,12,17H,4-7,10-11H2,1-3H3,(H,23,24)(H,25,26)/t17-/m1/s1. The Morgan fingerprint density at radius 1 is 1.21 bits per heavy atom. The van der Waals surface area contributed by atoms with Crippen LogP contribution in [0.25, 0.3) is 11.0 Å². The monoisotopic (exact) mass is 401 g/mol. The first-order valence-corrected chi connectivity index (χ1v) is 10.0. The van der Waals surface area contributed by atoms with E-state index >= 15 is 0 Å². The van der Waals surface area contributed by atoms with E-state index in [1.165, 1.54) is 0 Å². The second kappa shape index (κ2) is 8.68. The predicted molar refractivity (Wildman–Crippen MR) is 108 cm³/mol. The van der Waals surface area contributed by atoms with Crippen LogP contribution in [0.3, 0.4) is 0 Å². The Labute approximate surface area is 169 Å². The van der Waals surface area contributed by atoms with Crippen LogP contribution in [0.1, 0.15) is 49.8 Å². The summed E-state index contributed by atoms with van der Waals surface area (Å²) in [6, 6.07) is 2.68. The first-order valence-electron chi connectivity index (χ1n) is 10.0. The van der Waals surface area contributed by atoms with E-state index in [4.69, 9.17) is 9.15 Å². The third kappa shape index (κ3) is 4.60. The summed E-state index contributed by atoms with van der Waals surface area (Å²) >= 11 is 0. The molecular formula is C22H27NO6. The molecule has 1 heterocycles. The molecule has 3 rings (SSSR count). The van der Waals surface area contributed by atoms with E-state index in [2.05, 4.69) is 5.32 Å². The van der Waals surface area contributed by atoms with Gasteiger partial charge in [-0.05, 0) is 62.6 Å². The van der Waals surface area contributed by atoms with Gasteiger partial charge in [-0.15, -0.1) is 0 Å². The number of rotatable bonds is 7. The average Bonchev–Trinajstić information content (AvgIpc) is 2.67. The lowest BCUT2D eigenvalue weighted by molar-refractivity contribution is -0.142. The Bertz CT molecular complexity index is 991. The maximum absolute atomic E-state index is 12.4.